The number of piperidine rings is 1. The Morgan fingerprint density at radius 1 is 1.39 bits per heavy atom. The molecule has 4 rings (SSSR count). The Labute approximate surface area is 132 Å². The molecule has 2 aliphatic rings. The van der Waals surface area contributed by atoms with E-state index in [1.807, 2.05) is 4.57 Å². The largest absolute Gasteiger partial charge is 0.349 e. The summed E-state index contributed by atoms with van der Waals surface area (Å²) in [4.78, 5) is 32.8. The number of aromatic nitrogens is 3. The molecule has 1 atom stereocenters. The zero-order valence-corrected chi connectivity index (χ0v) is 12.6. The summed E-state index contributed by atoms with van der Waals surface area (Å²) in [6.07, 6.45) is 3.52. The first-order valence-corrected chi connectivity index (χ1v) is 7.88. The van der Waals surface area contributed by atoms with E-state index >= 15 is 0 Å². The molecule has 0 radical (unpaired) electrons. The lowest BCUT2D eigenvalue weighted by Crippen LogP contribution is -2.37. The highest BCUT2D eigenvalue weighted by atomic mass is 16.2. The fourth-order valence-corrected chi connectivity index (χ4v) is 3.17. The predicted octanol–water partition coefficient (Wildman–Crippen LogP) is 0.113. The molecule has 2 aromatic heterocycles. The van der Waals surface area contributed by atoms with Gasteiger partial charge in [0.1, 0.15) is 11.3 Å². The van der Waals surface area contributed by atoms with Gasteiger partial charge in [0, 0.05) is 31.2 Å². The number of fused-ring (bicyclic) bond motifs is 3. The summed E-state index contributed by atoms with van der Waals surface area (Å²) in [6.45, 7) is 2.90. The van der Waals surface area contributed by atoms with Crippen molar-refractivity contribution in [2.75, 3.05) is 25.0 Å². The molecule has 2 aromatic rings. The highest BCUT2D eigenvalue weighted by Crippen LogP contribution is 2.21. The lowest BCUT2D eigenvalue weighted by Gasteiger charge is -2.21. The van der Waals surface area contributed by atoms with Crippen LogP contribution < -0.4 is 16.0 Å². The zero-order valence-electron chi connectivity index (χ0n) is 12.6. The second-order valence-electron chi connectivity index (χ2n) is 5.94. The number of hydrogen-bond acceptors (Lipinski definition) is 5. The van der Waals surface area contributed by atoms with Gasteiger partial charge in [0.2, 0.25) is 11.9 Å². The number of rotatable bonds is 2. The Hall–Kier alpha value is -2.48. The van der Waals surface area contributed by atoms with Gasteiger partial charge in [-0.1, -0.05) is 0 Å². The van der Waals surface area contributed by atoms with Crippen LogP contribution >= 0.6 is 0 Å². The molecule has 0 saturated carbocycles. The van der Waals surface area contributed by atoms with E-state index in [0.29, 0.717) is 36.9 Å². The lowest BCUT2D eigenvalue weighted by molar-refractivity contribution is -0.120. The van der Waals surface area contributed by atoms with E-state index in [1.165, 1.54) is 0 Å². The van der Waals surface area contributed by atoms with Crippen molar-refractivity contribution in [1.29, 1.82) is 0 Å². The maximum atomic E-state index is 12.3. The molecule has 8 heteroatoms. The van der Waals surface area contributed by atoms with Gasteiger partial charge in [-0.3, -0.25) is 14.9 Å². The van der Waals surface area contributed by atoms with Crippen molar-refractivity contribution >= 4 is 28.8 Å². The molecule has 2 amide bonds. The van der Waals surface area contributed by atoms with Crippen molar-refractivity contribution in [2.24, 2.45) is 5.92 Å². The minimum atomic E-state index is -0.104. The minimum Gasteiger partial charge on any atom is -0.349 e. The first-order chi connectivity index (χ1) is 11.2. The van der Waals surface area contributed by atoms with E-state index in [0.717, 1.165) is 24.8 Å². The average molecular weight is 314 g/mol. The van der Waals surface area contributed by atoms with E-state index in [9.17, 15) is 9.59 Å². The number of carbonyl (C=O) groups excluding carboxylic acids is 2. The fourth-order valence-electron chi connectivity index (χ4n) is 3.17. The number of amides is 2. The van der Waals surface area contributed by atoms with Crippen molar-refractivity contribution in [3.05, 3.63) is 18.0 Å². The van der Waals surface area contributed by atoms with Gasteiger partial charge < -0.3 is 15.2 Å². The standard InChI is InChI=1S/C15H18N6O2/c22-13(9-2-1-3-16-7-9)20-15-18-8-10-6-11-14(23)17-4-5-21(11)12(10)19-15/h6,8-9,16H,1-5,7H2,(H,17,23)(H,18,19,20,22). The number of carbonyl (C=O) groups is 2. The van der Waals surface area contributed by atoms with Crippen molar-refractivity contribution in [3.8, 4) is 0 Å². The van der Waals surface area contributed by atoms with Gasteiger partial charge in [-0.15, -0.1) is 0 Å². The molecular formula is C15H18N6O2. The SMILES string of the molecule is O=C1NCCn2c1cc1cnc(NC(=O)C3CCCNC3)nc12. The number of nitrogens with zero attached hydrogens (tertiary/aromatic N) is 3. The lowest BCUT2D eigenvalue weighted by atomic mass is 9.99. The molecule has 0 aliphatic carbocycles. The van der Waals surface area contributed by atoms with Gasteiger partial charge in [0.25, 0.3) is 5.91 Å². The second kappa shape index (κ2) is 5.62. The molecule has 4 heterocycles. The molecule has 1 unspecified atom stereocenters. The Morgan fingerprint density at radius 2 is 2.30 bits per heavy atom. The topological polar surface area (TPSA) is 101 Å². The summed E-state index contributed by atoms with van der Waals surface area (Å²) in [5.74, 6) is 0.0860. The molecule has 2 aliphatic heterocycles. The number of hydrogen-bond donors (Lipinski definition) is 3. The van der Waals surface area contributed by atoms with Crippen LogP contribution in [0.2, 0.25) is 0 Å². The number of nitrogens with one attached hydrogen (secondary N) is 3. The van der Waals surface area contributed by atoms with Crippen molar-refractivity contribution < 1.29 is 9.59 Å². The molecule has 0 spiro atoms. The van der Waals surface area contributed by atoms with Crippen LogP contribution in [-0.4, -0.2) is 46.0 Å². The third-order valence-corrected chi connectivity index (χ3v) is 4.39. The van der Waals surface area contributed by atoms with Gasteiger partial charge in [-0.25, -0.2) is 4.98 Å². The molecule has 1 saturated heterocycles. The molecule has 120 valence electrons. The van der Waals surface area contributed by atoms with Crippen LogP contribution in [-0.2, 0) is 11.3 Å². The van der Waals surface area contributed by atoms with E-state index in [1.54, 1.807) is 12.3 Å². The minimum absolute atomic E-state index is 0.0462. The van der Waals surface area contributed by atoms with E-state index in [4.69, 9.17) is 0 Å². The summed E-state index contributed by atoms with van der Waals surface area (Å²) in [7, 11) is 0. The maximum absolute atomic E-state index is 12.3. The molecule has 3 N–H and O–H groups in total. The monoisotopic (exact) mass is 314 g/mol. The first kappa shape index (κ1) is 14.1. The third-order valence-electron chi connectivity index (χ3n) is 4.39. The molecule has 0 bridgehead atoms. The van der Waals surface area contributed by atoms with Crippen molar-refractivity contribution in [2.45, 2.75) is 19.4 Å². The second-order valence-corrected chi connectivity index (χ2v) is 5.94. The van der Waals surface area contributed by atoms with Crippen molar-refractivity contribution in [1.82, 2.24) is 25.2 Å². The highest BCUT2D eigenvalue weighted by Gasteiger charge is 2.23. The van der Waals surface area contributed by atoms with Crippen LogP contribution in [0.3, 0.4) is 0 Å². The summed E-state index contributed by atoms with van der Waals surface area (Å²) in [5, 5.41) is 9.62. The van der Waals surface area contributed by atoms with E-state index in [-0.39, 0.29) is 17.7 Å². The summed E-state index contributed by atoms with van der Waals surface area (Å²) >= 11 is 0. The van der Waals surface area contributed by atoms with Crippen LogP contribution in [0.5, 0.6) is 0 Å². The van der Waals surface area contributed by atoms with E-state index in [2.05, 4.69) is 25.9 Å². The maximum Gasteiger partial charge on any atom is 0.268 e. The van der Waals surface area contributed by atoms with Gasteiger partial charge in [0.05, 0.1) is 5.92 Å². The summed E-state index contributed by atoms with van der Waals surface area (Å²) < 4.78 is 1.87. The van der Waals surface area contributed by atoms with Crippen LogP contribution in [0.1, 0.15) is 23.3 Å². The fraction of sp³-hybridized carbons (Fsp3) is 0.467. The van der Waals surface area contributed by atoms with Crippen LogP contribution in [0.25, 0.3) is 11.0 Å². The Morgan fingerprint density at radius 3 is 3.13 bits per heavy atom. The zero-order chi connectivity index (χ0) is 15.8. The summed E-state index contributed by atoms with van der Waals surface area (Å²) in [6, 6.07) is 1.78. The molecule has 8 nitrogen and oxygen atoms in total. The Bertz CT molecular complexity index is 778. The first-order valence-electron chi connectivity index (χ1n) is 7.88. The molecular weight excluding hydrogens is 296 g/mol. The van der Waals surface area contributed by atoms with Crippen LogP contribution in [0.4, 0.5) is 5.95 Å². The third kappa shape index (κ3) is 2.55. The molecule has 1 fully saturated rings. The Balaban J connectivity index is 1.61. The molecule has 23 heavy (non-hydrogen) atoms. The average Bonchev–Trinajstić information content (AvgIpc) is 2.95. The molecule has 0 aromatic carbocycles. The smallest absolute Gasteiger partial charge is 0.268 e. The van der Waals surface area contributed by atoms with Gasteiger partial charge in [0.15, 0.2) is 0 Å². The van der Waals surface area contributed by atoms with Gasteiger partial charge in [-0.05, 0) is 25.5 Å². The van der Waals surface area contributed by atoms with E-state index < -0.39 is 0 Å². The highest BCUT2D eigenvalue weighted by molar-refractivity contribution is 5.99. The predicted molar refractivity (Wildman–Crippen MR) is 84.1 cm³/mol. The van der Waals surface area contributed by atoms with Crippen LogP contribution in [0.15, 0.2) is 12.3 Å². The van der Waals surface area contributed by atoms with Gasteiger partial charge in [-0.2, -0.15) is 4.98 Å². The Kier molecular flexibility index (Phi) is 3.45. The van der Waals surface area contributed by atoms with Gasteiger partial charge >= 0.3 is 0 Å². The number of anilines is 1. The van der Waals surface area contributed by atoms with Crippen LogP contribution in [0, 0.1) is 5.92 Å². The normalized spacial score (nSPS) is 20.9. The summed E-state index contributed by atoms with van der Waals surface area (Å²) in [5.41, 5.74) is 1.27. The van der Waals surface area contributed by atoms with Crippen molar-refractivity contribution in [3.63, 3.8) is 0 Å². The quantitative estimate of drug-likeness (QED) is 0.730.